The molecule has 0 saturated carbocycles. The highest BCUT2D eigenvalue weighted by atomic mass is 16.3. The van der Waals surface area contributed by atoms with Gasteiger partial charge in [0.1, 0.15) is 0 Å². The van der Waals surface area contributed by atoms with Crippen LogP contribution < -0.4 is 0 Å². The predicted molar refractivity (Wildman–Crippen MR) is 42.2 cm³/mol. The molecule has 4 heteroatoms. The molecule has 1 aliphatic rings. The molecular formula is C8H11NO3. The summed E-state index contributed by atoms with van der Waals surface area (Å²) < 4.78 is 0. The van der Waals surface area contributed by atoms with Crippen molar-refractivity contribution in [2.45, 2.75) is 18.9 Å². The molecule has 0 aromatic heterocycles. The number of nitrogens with zero attached hydrogens (tertiary/aromatic N) is 1. The summed E-state index contributed by atoms with van der Waals surface area (Å²) in [4.78, 5) is 23.1. The highest BCUT2D eigenvalue weighted by Crippen LogP contribution is 2.11. The lowest BCUT2D eigenvalue weighted by atomic mass is 10.3. The molecule has 66 valence electrons. The first kappa shape index (κ1) is 8.93. The summed E-state index contributed by atoms with van der Waals surface area (Å²) in [6.07, 6.45) is 1.03. The van der Waals surface area contributed by atoms with Crippen molar-refractivity contribution < 1.29 is 14.7 Å². The maximum absolute atomic E-state index is 11.0. The van der Waals surface area contributed by atoms with Crippen molar-refractivity contribution in [3.8, 4) is 0 Å². The highest BCUT2D eigenvalue weighted by Gasteiger charge is 2.29. The first-order chi connectivity index (χ1) is 5.65. The van der Waals surface area contributed by atoms with E-state index < -0.39 is 6.10 Å². The average molecular weight is 169 g/mol. The van der Waals surface area contributed by atoms with Gasteiger partial charge >= 0.3 is 0 Å². The quantitative estimate of drug-likeness (QED) is 0.465. The Kier molecular flexibility index (Phi) is 2.60. The molecule has 12 heavy (non-hydrogen) atoms. The van der Waals surface area contributed by atoms with Crippen LogP contribution in [-0.4, -0.2) is 34.5 Å². The molecule has 0 aromatic rings. The van der Waals surface area contributed by atoms with Crippen molar-refractivity contribution in [3.63, 3.8) is 0 Å². The van der Waals surface area contributed by atoms with Gasteiger partial charge in [0.2, 0.25) is 11.8 Å². The molecule has 1 aliphatic heterocycles. The minimum Gasteiger partial charge on any atom is -0.387 e. The molecule has 1 unspecified atom stereocenters. The van der Waals surface area contributed by atoms with Gasteiger partial charge in [-0.1, -0.05) is 6.08 Å². The number of β-amino-alcohol motifs (C(OH)–C–C–N with tert-alkyl or cyclic N) is 1. The largest absolute Gasteiger partial charge is 0.387 e. The number of aliphatic hydroxyl groups is 1. The SMILES string of the molecule is C=CC(O)CN1C(=O)CCC1=O. The zero-order chi connectivity index (χ0) is 9.14. The predicted octanol–water partition coefficient (Wildman–Crippen LogP) is -0.318. The molecule has 0 spiro atoms. The van der Waals surface area contributed by atoms with Crippen LogP contribution in [0.5, 0.6) is 0 Å². The molecule has 1 N–H and O–H groups in total. The fraction of sp³-hybridized carbons (Fsp3) is 0.500. The zero-order valence-electron chi connectivity index (χ0n) is 6.69. The third kappa shape index (κ3) is 1.71. The maximum Gasteiger partial charge on any atom is 0.229 e. The fourth-order valence-corrected chi connectivity index (χ4v) is 1.09. The van der Waals surface area contributed by atoms with E-state index in [1.165, 1.54) is 6.08 Å². The van der Waals surface area contributed by atoms with Crippen molar-refractivity contribution in [2.75, 3.05) is 6.54 Å². The summed E-state index contributed by atoms with van der Waals surface area (Å²) in [6, 6.07) is 0. The van der Waals surface area contributed by atoms with E-state index in [2.05, 4.69) is 6.58 Å². The minimum absolute atomic E-state index is 0.0428. The average Bonchev–Trinajstić information content (AvgIpc) is 2.35. The van der Waals surface area contributed by atoms with Gasteiger partial charge in [-0.25, -0.2) is 0 Å². The Labute approximate surface area is 70.5 Å². The second kappa shape index (κ2) is 3.49. The van der Waals surface area contributed by atoms with Gasteiger partial charge in [-0.2, -0.15) is 0 Å². The number of carbonyl (C=O) groups is 2. The molecule has 0 radical (unpaired) electrons. The molecule has 4 nitrogen and oxygen atoms in total. The van der Waals surface area contributed by atoms with Gasteiger partial charge in [-0.05, 0) is 0 Å². The smallest absolute Gasteiger partial charge is 0.229 e. The standard InChI is InChI=1S/C8H11NO3/c1-2-6(10)5-9-7(11)3-4-8(9)12/h2,6,10H,1,3-5H2. The number of likely N-dealkylation sites (tertiary alicyclic amines) is 1. The van der Waals surface area contributed by atoms with Crippen LogP contribution in [0.2, 0.25) is 0 Å². The number of carbonyl (C=O) groups excluding carboxylic acids is 2. The van der Waals surface area contributed by atoms with Gasteiger partial charge in [0, 0.05) is 12.8 Å². The summed E-state index contributed by atoms with van der Waals surface area (Å²) in [6.45, 7) is 3.40. The molecule has 1 fully saturated rings. The summed E-state index contributed by atoms with van der Waals surface area (Å²) in [5, 5.41) is 9.09. The molecule has 0 aliphatic carbocycles. The Bertz CT molecular complexity index is 208. The third-order valence-corrected chi connectivity index (χ3v) is 1.80. The lowest BCUT2D eigenvalue weighted by Gasteiger charge is -2.15. The normalized spacial score (nSPS) is 19.9. The number of hydrogen-bond acceptors (Lipinski definition) is 3. The van der Waals surface area contributed by atoms with Crippen molar-refractivity contribution in [1.82, 2.24) is 4.90 Å². The Balaban J connectivity index is 2.55. The lowest BCUT2D eigenvalue weighted by molar-refractivity contribution is -0.139. The molecule has 0 aromatic carbocycles. The Hall–Kier alpha value is -1.16. The molecule has 1 heterocycles. The first-order valence-electron chi connectivity index (χ1n) is 3.79. The molecule has 1 atom stereocenters. The van der Waals surface area contributed by atoms with E-state index in [1.54, 1.807) is 0 Å². The number of imide groups is 1. The summed E-state index contributed by atoms with van der Waals surface area (Å²) >= 11 is 0. The number of rotatable bonds is 3. The van der Waals surface area contributed by atoms with Crippen LogP contribution in [0.1, 0.15) is 12.8 Å². The van der Waals surface area contributed by atoms with Crippen LogP contribution >= 0.6 is 0 Å². The second-order valence-corrected chi connectivity index (χ2v) is 2.70. The van der Waals surface area contributed by atoms with Gasteiger partial charge in [0.15, 0.2) is 0 Å². The summed E-state index contributed by atoms with van der Waals surface area (Å²) in [5.74, 6) is -0.415. The van der Waals surface area contributed by atoms with Crippen LogP contribution in [0.4, 0.5) is 0 Å². The van der Waals surface area contributed by atoms with E-state index in [0.717, 1.165) is 4.90 Å². The Morgan fingerprint density at radius 1 is 1.50 bits per heavy atom. The topological polar surface area (TPSA) is 57.6 Å². The monoisotopic (exact) mass is 169 g/mol. The molecular weight excluding hydrogens is 158 g/mol. The number of amides is 2. The van der Waals surface area contributed by atoms with Crippen molar-refractivity contribution in [2.24, 2.45) is 0 Å². The third-order valence-electron chi connectivity index (χ3n) is 1.80. The van der Waals surface area contributed by atoms with Crippen molar-refractivity contribution in [1.29, 1.82) is 0 Å². The summed E-state index contributed by atoms with van der Waals surface area (Å²) in [7, 11) is 0. The van der Waals surface area contributed by atoms with Gasteiger partial charge < -0.3 is 5.11 Å². The molecule has 2 amide bonds. The number of hydrogen-bond donors (Lipinski definition) is 1. The van der Waals surface area contributed by atoms with Crippen LogP contribution in [0.3, 0.4) is 0 Å². The van der Waals surface area contributed by atoms with Gasteiger partial charge in [0.05, 0.1) is 12.6 Å². The fourth-order valence-electron chi connectivity index (χ4n) is 1.09. The van der Waals surface area contributed by atoms with E-state index in [1.807, 2.05) is 0 Å². The first-order valence-corrected chi connectivity index (χ1v) is 3.79. The van der Waals surface area contributed by atoms with E-state index in [-0.39, 0.29) is 31.2 Å². The van der Waals surface area contributed by atoms with Gasteiger partial charge in [-0.3, -0.25) is 14.5 Å². The molecule has 1 saturated heterocycles. The minimum atomic E-state index is -0.809. The van der Waals surface area contributed by atoms with Crippen LogP contribution in [-0.2, 0) is 9.59 Å². The lowest BCUT2D eigenvalue weighted by Crippen LogP contribution is -2.35. The van der Waals surface area contributed by atoms with E-state index in [0.29, 0.717) is 0 Å². The summed E-state index contributed by atoms with van der Waals surface area (Å²) in [5.41, 5.74) is 0. The van der Waals surface area contributed by atoms with E-state index in [9.17, 15) is 9.59 Å². The van der Waals surface area contributed by atoms with Crippen LogP contribution in [0.25, 0.3) is 0 Å². The zero-order valence-corrected chi connectivity index (χ0v) is 6.69. The highest BCUT2D eigenvalue weighted by molar-refractivity contribution is 6.01. The van der Waals surface area contributed by atoms with Crippen molar-refractivity contribution >= 4 is 11.8 Å². The second-order valence-electron chi connectivity index (χ2n) is 2.70. The van der Waals surface area contributed by atoms with Crippen LogP contribution in [0, 0.1) is 0 Å². The molecule has 1 rings (SSSR count). The van der Waals surface area contributed by atoms with E-state index in [4.69, 9.17) is 5.11 Å². The van der Waals surface area contributed by atoms with Crippen LogP contribution in [0.15, 0.2) is 12.7 Å². The maximum atomic E-state index is 11.0. The number of aliphatic hydroxyl groups excluding tert-OH is 1. The van der Waals surface area contributed by atoms with E-state index >= 15 is 0 Å². The Morgan fingerprint density at radius 3 is 2.42 bits per heavy atom. The van der Waals surface area contributed by atoms with Gasteiger partial charge in [0.25, 0.3) is 0 Å². The van der Waals surface area contributed by atoms with Crippen molar-refractivity contribution in [3.05, 3.63) is 12.7 Å². The Morgan fingerprint density at radius 2 is 2.00 bits per heavy atom. The molecule has 0 bridgehead atoms. The van der Waals surface area contributed by atoms with Gasteiger partial charge in [-0.15, -0.1) is 6.58 Å².